The topological polar surface area (TPSA) is 89.9 Å². The van der Waals surface area contributed by atoms with Gasteiger partial charge in [-0.1, -0.05) is 30.8 Å². The molecule has 0 aromatic heterocycles. The van der Waals surface area contributed by atoms with E-state index in [1.165, 1.54) is 18.7 Å². The van der Waals surface area contributed by atoms with Crippen LogP contribution in [0.15, 0.2) is 63.5 Å². The molecular weight excluding hydrogens is 390 g/mol. The summed E-state index contributed by atoms with van der Waals surface area (Å²) in [5.41, 5.74) is 0.991. The van der Waals surface area contributed by atoms with Gasteiger partial charge >= 0.3 is 5.97 Å². The van der Waals surface area contributed by atoms with E-state index in [1.807, 2.05) is 0 Å². The number of Topliss-reactive ketones (excluding diaryl/α,β-unsaturated/α-hetero) is 3. The molecule has 0 saturated heterocycles. The highest BCUT2D eigenvalue weighted by molar-refractivity contribution is 7.99. The summed E-state index contributed by atoms with van der Waals surface area (Å²) >= 11 is 1.46. The van der Waals surface area contributed by atoms with Crippen molar-refractivity contribution >= 4 is 40.8 Å². The molecule has 0 fully saturated rings. The molecule has 0 amide bonds. The number of rotatable bonds is 9. The van der Waals surface area contributed by atoms with Crippen LogP contribution in [0.4, 0.5) is 0 Å². The van der Waals surface area contributed by atoms with E-state index in [2.05, 4.69) is 9.99 Å². The lowest BCUT2D eigenvalue weighted by molar-refractivity contribution is -0.140. The fourth-order valence-corrected chi connectivity index (χ4v) is 3.18. The van der Waals surface area contributed by atoms with Crippen molar-refractivity contribution in [1.82, 2.24) is 0 Å². The Labute approximate surface area is 173 Å². The Balaban J connectivity index is 2.08. The van der Waals surface area contributed by atoms with Crippen LogP contribution in [0.1, 0.15) is 54.3 Å². The molecule has 0 aliphatic carbocycles. The first-order chi connectivity index (χ1) is 13.8. The summed E-state index contributed by atoms with van der Waals surface area (Å²) in [7, 11) is 0. The summed E-state index contributed by atoms with van der Waals surface area (Å²) in [5, 5.41) is 3.61. The van der Waals surface area contributed by atoms with E-state index in [9.17, 15) is 19.2 Å². The van der Waals surface area contributed by atoms with Gasteiger partial charge in [0.2, 0.25) is 17.3 Å². The summed E-state index contributed by atoms with van der Waals surface area (Å²) in [5.74, 6) is -1.76. The number of nitrogens with zero attached hydrogens (tertiary/aromatic N) is 1. The molecule has 0 aliphatic rings. The van der Waals surface area contributed by atoms with E-state index >= 15 is 0 Å². The number of carbonyl (C=O) groups excluding carboxylic acids is 4. The minimum absolute atomic E-state index is 0.169. The van der Waals surface area contributed by atoms with Gasteiger partial charge < -0.3 is 4.84 Å². The van der Waals surface area contributed by atoms with Gasteiger partial charge in [-0.25, -0.2) is 4.79 Å². The van der Waals surface area contributed by atoms with Crippen LogP contribution in [0.2, 0.25) is 0 Å². The van der Waals surface area contributed by atoms with E-state index in [1.54, 1.807) is 62.4 Å². The zero-order chi connectivity index (χ0) is 21.4. The lowest BCUT2D eigenvalue weighted by Gasteiger charge is -2.06. The van der Waals surface area contributed by atoms with Gasteiger partial charge in [-0.05, 0) is 55.0 Å². The van der Waals surface area contributed by atoms with E-state index in [-0.39, 0.29) is 17.9 Å². The average Bonchev–Trinajstić information content (AvgIpc) is 2.73. The highest BCUT2D eigenvalue weighted by Gasteiger charge is 2.15. The van der Waals surface area contributed by atoms with Crippen LogP contribution in [0.25, 0.3) is 0 Å². The third kappa shape index (κ3) is 6.22. The normalized spacial score (nSPS) is 11.1. The van der Waals surface area contributed by atoms with Gasteiger partial charge in [0.25, 0.3) is 0 Å². The summed E-state index contributed by atoms with van der Waals surface area (Å²) in [6, 6.07) is 13.8. The number of hydrogen-bond donors (Lipinski definition) is 0. The smallest absolute Gasteiger partial charge is 0.318 e. The lowest BCUT2D eigenvalue weighted by atomic mass is 10.1. The van der Waals surface area contributed by atoms with E-state index in [4.69, 9.17) is 0 Å². The van der Waals surface area contributed by atoms with E-state index in [0.29, 0.717) is 17.5 Å². The predicted molar refractivity (Wildman–Crippen MR) is 110 cm³/mol. The quantitative estimate of drug-likeness (QED) is 0.198. The van der Waals surface area contributed by atoms with Crippen LogP contribution in [-0.4, -0.2) is 29.0 Å². The van der Waals surface area contributed by atoms with E-state index in [0.717, 1.165) is 9.79 Å². The van der Waals surface area contributed by atoms with Gasteiger partial charge in [-0.15, -0.1) is 0 Å². The second-order valence-corrected chi connectivity index (χ2v) is 7.21. The molecule has 0 spiro atoms. The van der Waals surface area contributed by atoms with Crippen LogP contribution in [0.3, 0.4) is 0 Å². The first kappa shape index (κ1) is 22.2. The molecule has 29 heavy (non-hydrogen) atoms. The maximum Gasteiger partial charge on any atom is 0.331 e. The third-order valence-electron chi connectivity index (χ3n) is 3.92. The lowest BCUT2D eigenvalue weighted by Crippen LogP contribution is -2.14. The average molecular weight is 411 g/mol. The fraction of sp³-hybridized carbons (Fsp3) is 0.227. The van der Waals surface area contributed by atoms with Gasteiger partial charge in [0, 0.05) is 34.3 Å². The molecular formula is C22H21NO5S. The number of oxime groups is 1. The standard InChI is InChI=1S/C22H21NO5S/c1-4-19(23-28-14(3)24)21(26)15-6-10-17(11-7-15)29-18-12-8-16(9-13-18)22(27)20(25)5-2/h6-13H,4-5H2,1-3H3. The van der Waals surface area contributed by atoms with Crippen molar-refractivity contribution in [3.63, 3.8) is 0 Å². The Hall–Kier alpha value is -3.06. The van der Waals surface area contributed by atoms with Gasteiger partial charge in [-0.2, -0.15) is 0 Å². The van der Waals surface area contributed by atoms with Crippen molar-refractivity contribution in [1.29, 1.82) is 0 Å². The summed E-state index contributed by atoms with van der Waals surface area (Å²) < 4.78 is 0. The molecule has 6 nitrogen and oxygen atoms in total. The molecule has 0 heterocycles. The molecule has 0 bridgehead atoms. The third-order valence-corrected chi connectivity index (χ3v) is 4.94. The van der Waals surface area contributed by atoms with Crippen LogP contribution >= 0.6 is 11.8 Å². The van der Waals surface area contributed by atoms with Crippen LogP contribution in [0.5, 0.6) is 0 Å². The minimum Gasteiger partial charge on any atom is -0.318 e. The Morgan fingerprint density at radius 2 is 1.28 bits per heavy atom. The molecule has 0 N–H and O–H groups in total. The van der Waals surface area contributed by atoms with Gasteiger partial charge in [-0.3, -0.25) is 14.4 Å². The van der Waals surface area contributed by atoms with Crippen molar-refractivity contribution in [3.05, 3.63) is 59.7 Å². The molecule has 2 aromatic rings. The van der Waals surface area contributed by atoms with Gasteiger partial charge in [0.1, 0.15) is 5.71 Å². The molecule has 0 radical (unpaired) electrons. The van der Waals surface area contributed by atoms with Crippen LogP contribution in [0, 0.1) is 0 Å². The van der Waals surface area contributed by atoms with Gasteiger partial charge in [0.15, 0.2) is 0 Å². The number of hydrogen-bond acceptors (Lipinski definition) is 7. The second kappa shape index (κ2) is 10.5. The monoisotopic (exact) mass is 411 g/mol. The minimum atomic E-state index is -0.581. The maximum atomic E-state index is 12.5. The van der Waals surface area contributed by atoms with Gasteiger partial charge in [0.05, 0.1) is 0 Å². The first-order valence-corrected chi connectivity index (χ1v) is 9.92. The highest BCUT2D eigenvalue weighted by Crippen LogP contribution is 2.28. The largest absolute Gasteiger partial charge is 0.331 e. The van der Waals surface area contributed by atoms with Crippen molar-refractivity contribution < 1.29 is 24.0 Å². The summed E-state index contributed by atoms with van der Waals surface area (Å²) in [6.45, 7) is 4.63. The zero-order valence-electron chi connectivity index (χ0n) is 16.4. The second-order valence-electron chi connectivity index (χ2n) is 6.06. The predicted octanol–water partition coefficient (Wildman–Crippen LogP) is 4.51. The molecule has 0 aliphatic heterocycles. The Morgan fingerprint density at radius 1 is 0.793 bits per heavy atom. The van der Waals surface area contributed by atoms with Crippen molar-refractivity contribution in [2.45, 2.75) is 43.4 Å². The maximum absolute atomic E-state index is 12.5. The van der Waals surface area contributed by atoms with E-state index < -0.39 is 17.5 Å². The molecule has 7 heteroatoms. The van der Waals surface area contributed by atoms with Crippen LogP contribution in [-0.2, 0) is 14.4 Å². The van der Waals surface area contributed by atoms with Crippen molar-refractivity contribution in [2.24, 2.45) is 5.16 Å². The molecule has 0 saturated carbocycles. The Kier molecular flexibility index (Phi) is 8.03. The molecule has 0 unspecified atom stereocenters. The summed E-state index contributed by atoms with van der Waals surface area (Å²) in [4.78, 5) is 53.1. The van der Waals surface area contributed by atoms with Crippen molar-refractivity contribution in [3.8, 4) is 0 Å². The number of benzene rings is 2. The molecule has 150 valence electrons. The molecule has 2 rings (SSSR count). The number of ketones is 3. The Bertz CT molecular complexity index is 946. The Morgan fingerprint density at radius 3 is 1.69 bits per heavy atom. The van der Waals surface area contributed by atoms with Crippen molar-refractivity contribution in [2.75, 3.05) is 0 Å². The molecule has 0 atom stereocenters. The summed E-state index contributed by atoms with van der Waals surface area (Å²) in [6.07, 6.45) is 0.528. The highest BCUT2D eigenvalue weighted by atomic mass is 32.2. The first-order valence-electron chi connectivity index (χ1n) is 9.10. The SMILES string of the molecule is CCC(=O)C(=O)c1ccc(Sc2ccc(C(=O)C(CC)=NOC(C)=O)cc2)cc1. The van der Waals surface area contributed by atoms with Crippen LogP contribution < -0.4 is 0 Å². The zero-order valence-corrected chi connectivity index (χ0v) is 17.2. The fourth-order valence-electron chi connectivity index (χ4n) is 2.36. The molecule has 2 aromatic carbocycles. The number of carbonyl (C=O) groups is 4.